The Balaban J connectivity index is 2.08. The van der Waals surface area contributed by atoms with Gasteiger partial charge in [-0.1, -0.05) is 5.16 Å². The number of hydrogen-bond donors (Lipinski definition) is 2. The number of aliphatic hydroxyl groups is 1. The van der Waals surface area contributed by atoms with E-state index in [1.54, 1.807) is 31.2 Å². The van der Waals surface area contributed by atoms with Gasteiger partial charge in [0.15, 0.2) is 9.84 Å². The molecule has 1 aromatic carbocycles. The van der Waals surface area contributed by atoms with Gasteiger partial charge >= 0.3 is 0 Å². The predicted molar refractivity (Wildman–Crippen MR) is 69.5 cm³/mol. The standard InChI is InChI=1S/C12H15NO5S/c1-8(13-15)9-2-4-10(5-3-9)18-12-7-19(16,17)6-11(12)14/h2-5,11-12,14-15H,6-7H2,1H3/b13-8+. The van der Waals surface area contributed by atoms with Gasteiger partial charge in [0.1, 0.15) is 18.0 Å². The van der Waals surface area contributed by atoms with Gasteiger partial charge in [-0.25, -0.2) is 8.42 Å². The minimum Gasteiger partial charge on any atom is -0.487 e. The summed E-state index contributed by atoms with van der Waals surface area (Å²) in [5.74, 6) is 0.0367. The predicted octanol–water partition coefficient (Wildman–Crippen LogP) is 0.421. The highest BCUT2D eigenvalue weighted by molar-refractivity contribution is 7.91. The van der Waals surface area contributed by atoms with E-state index in [0.29, 0.717) is 11.5 Å². The van der Waals surface area contributed by atoms with Crippen molar-refractivity contribution < 1.29 is 23.5 Å². The first-order valence-electron chi connectivity index (χ1n) is 5.75. The summed E-state index contributed by atoms with van der Waals surface area (Å²) in [4.78, 5) is 0. The van der Waals surface area contributed by atoms with Crippen molar-refractivity contribution in [2.24, 2.45) is 5.16 Å². The molecule has 1 aliphatic heterocycles. The van der Waals surface area contributed by atoms with Crippen molar-refractivity contribution in [1.82, 2.24) is 0 Å². The summed E-state index contributed by atoms with van der Waals surface area (Å²) < 4.78 is 28.1. The summed E-state index contributed by atoms with van der Waals surface area (Å²) in [6.07, 6.45) is -1.73. The number of aliphatic hydroxyl groups excluding tert-OH is 1. The van der Waals surface area contributed by atoms with Gasteiger partial charge in [0.05, 0.1) is 17.2 Å². The van der Waals surface area contributed by atoms with Gasteiger partial charge in [0.25, 0.3) is 0 Å². The van der Waals surface area contributed by atoms with Gasteiger partial charge in [-0.15, -0.1) is 0 Å². The molecule has 19 heavy (non-hydrogen) atoms. The topological polar surface area (TPSA) is 96.2 Å². The van der Waals surface area contributed by atoms with E-state index < -0.39 is 22.0 Å². The van der Waals surface area contributed by atoms with Crippen molar-refractivity contribution in [3.63, 3.8) is 0 Å². The van der Waals surface area contributed by atoms with Crippen molar-refractivity contribution >= 4 is 15.5 Å². The Labute approximate surface area is 111 Å². The van der Waals surface area contributed by atoms with E-state index in [0.717, 1.165) is 5.56 Å². The molecule has 0 amide bonds. The molecule has 2 N–H and O–H groups in total. The van der Waals surface area contributed by atoms with E-state index in [1.807, 2.05) is 0 Å². The minimum absolute atomic E-state index is 0.174. The molecule has 0 saturated carbocycles. The van der Waals surface area contributed by atoms with Crippen LogP contribution in [0.25, 0.3) is 0 Å². The highest BCUT2D eigenvalue weighted by Crippen LogP contribution is 2.21. The monoisotopic (exact) mass is 285 g/mol. The van der Waals surface area contributed by atoms with Crippen LogP contribution in [0.1, 0.15) is 12.5 Å². The van der Waals surface area contributed by atoms with Crippen LogP contribution in [0.4, 0.5) is 0 Å². The van der Waals surface area contributed by atoms with E-state index in [9.17, 15) is 13.5 Å². The van der Waals surface area contributed by atoms with Crippen LogP contribution in [-0.2, 0) is 9.84 Å². The molecule has 1 heterocycles. The fraction of sp³-hybridized carbons (Fsp3) is 0.417. The average Bonchev–Trinajstić information content (AvgIpc) is 2.62. The third-order valence-electron chi connectivity index (χ3n) is 2.98. The SMILES string of the molecule is C/C(=N\O)c1ccc(OC2CS(=O)(=O)CC2O)cc1. The summed E-state index contributed by atoms with van der Waals surface area (Å²) in [6, 6.07) is 6.67. The molecule has 0 spiro atoms. The van der Waals surface area contributed by atoms with Gasteiger partial charge < -0.3 is 15.1 Å². The minimum atomic E-state index is -3.22. The average molecular weight is 285 g/mol. The summed E-state index contributed by atoms with van der Waals surface area (Å²) in [5.41, 5.74) is 1.20. The third kappa shape index (κ3) is 3.24. The lowest BCUT2D eigenvalue weighted by Crippen LogP contribution is -2.29. The molecule has 0 aliphatic carbocycles. The molecule has 1 aromatic rings. The highest BCUT2D eigenvalue weighted by Gasteiger charge is 2.38. The molecule has 2 rings (SSSR count). The summed E-state index contributed by atoms with van der Waals surface area (Å²) in [7, 11) is -3.22. The number of hydrogen-bond acceptors (Lipinski definition) is 6. The number of rotatable bonds is 3. The van der Waals surface area contributed by atoms with E-state index in [1.165, 1.54) is 0 Å². The third-order valence-corrected chi connectivity index (χ3v) is 4.67. The first kappa shape index (κ1) is 13.8. The Hall–Kier alpha value is -1.60. The van der Waals surface area contributed by atoms with Crippen LogP contribution in [0, 0.1) is 0 Å². The van der Waals surface area contributed by atoms with Crippen LogP contribution < -0.4 is 4.74 Å². The molecule has 0 radical (unpaired) electrons. The Bertz CT molecular complexity index is 579. The lowest BCUT2D eigenvalue weighted by Gasteiger charge is -2.15. The van der Waals surface area contributed by atoms with Gasteiger partial charge in [0, 0.05) is 0 Å². The first-order valence-corrected chi connectivity index (χ1v) is 7.57. The smallest absolute Gasteiger partial charge is 0.156 e. The molecular formula is C12H15NO5S. The lowest BCUT2D eigenvalue weighted by atomic mass is 10.1. The number of ether oxygens (including phenoxy) is 1. The number of nitrogens with zero attached hydrogens (tertiary/aromatic N) is 1. The van der Waals surface area contributed by atoms with Gasteiger partial charge in [0.2, 0.25) is 0 Å². The molecule has 1 fully saturated rings. The van der Waals surface area contributed by atoms with Crippen molar-refractivity contribution in [2.75, 3.05) is 11.5 Å². The fourth-order valence-electron chi connectivity index (χ4n) is 1.92. The summed E-state index contributed by atoms with van der Waals surface area (Å²) in [5, 5.41) is 21.3. The molecule has 104 valence electrons. The maximum atomic E-state index is 11.3. The van der Waals surface area contributed by atoms with Crippen LogP contribution in [0.3, 0.4) is 0 Å². The first-order chi connectivity index (χ1) is 8.91. The normalized spacial score (nSPS) is 26.3. The molecule has 1 saturated heterocycles. The quantitative estimate of drug-likeness (QED) is 0.477. The van der Waals surface area contributed by atoms with Crippen LogP contribution in [0.5, 0.6) is 5.75 Å². The van der Waals surface area contributed by atoms with E-state index >= 15 is 0 Å². The maximum Gasteiger partial charge on any atom is 0.156 e. The van der Waals surface area contributed by atoms with Crippen molar-refractivity contribution in [3.8, 4) is 5.75 Å². The molecule has 2 unspecified atom stereocenters. The fourth-order valence-corrected chi connectivity index (χ4v) is 3.58. The zero-order valence-electron chi connectivity index (χ0n) is 10.4. The molecule has 2 atom stereocenters. The van der Waals surface area contributed by atoms with Crippen LogP contribution in [0.15, 0.2) is 29.4 Å². The number of benzene rings is 1. The molecule has 6 nitrogen and oxygen atoms in total. The zero-order chi connectivity index (χ0) is 14.0. The maximum absolute atomic E-state index is 11.3. The second-order valence-electron chi connectivity index (χ2n) is 4.51. The Morgan fingerprint density at radius 1 is 1.32 bits per heavy atom. The van der Waals surface area contributed by atoms with Crippen molar-refractivity contribution in [1.29, 1.82) is 0 Å². The molecule has 0 aromatic heterocycles. The van der Waals surface area contributed by atoms with Gasteiger partial charge in [-0.2, -0.15) is 0 Å². The second kappa shape index (κ2) is 5.18. The van der Waals surface area contributed by atoms with E-state index in [4.69, 9.17) is 9.94 Å². The number of oxime groups is 1. The second-order valence-corrected chi connectivity index (χ2v) is 6.66. The Morgan fingerprint density at radius 3 is 2.42 bits per heavy atom. The lowest BCUT2D eigenvalue weighted by molar-refractivity contribution is 0.0738. The van der Waals surface area contributed by atoms with E-state index in [2.05, 4.69) is 5.16 Å². The Morgan fingerprint density at radius 2 is 1.95 bits per heavy atom. The van der Waals surface area contributed by atoms with Gasteiger partial charge in [-0.05, 0) is 36.8 Å². The summed E-state index contributed by atoms with van der Waals surface area (Å²) >= 11 is 0. The van der Waals surface area contributed by atoms with E-state index in [-0.39, 0.29) is 11.5 Å². The van der Waals surface area contributed by atoms with Crippen LogP contribution in [0.2, 0.25) is 0 Å². The summed E-state index contributed by atoms with van der Waals surface area (Å²) in [6.45, 7) is 1.66. The van der Waals surface area contributed by atoms with Crippen molar-refractivity contribution in [2.45, 2.75) is 19.1 Å². The molecule has 1 aliphatic rings. The zero-order valence-corrected chi connectivity index (χ0v) is 11.2. The highest BCUT2D eigenvalue weighted by atomic mass is 32.2. The van der Waals surface area contributed by atoms with Crippen LogP contribution >= 0.6 is 0 Å². The molecular weight excluding hydrogens is 270 g/mol. The molecule has 0 bridgehead atoms. The largest absolute Gasteiger partial charge is 0.487 e. The Kier molecular flexibility index (Phi) is 3.77. The number of sulfone groups is 1. The van der Waals surface area contributed by atoms with Crippen LogP contribution in [-0.4, -0.2) is 48.2 Å². The van der Waals surface area contributed by atoms with Gasteiger partial charge in [-0.3, -0.25) is 0 Å². The molecule has 7 heteroatoms. The van der Waals surface area contributed by atoms with Crippen molar-refractivity contribution in [3.05, 3.63) is 29.8 Å².